The van der Waals surface area contributed by atoms with Crippen molar-refractivity contribution >= 4 is 5.96 Å². The molecule has 0 fully saturated rings. The highest BCUT2D eigenvalue weighted by atomic mass is 16.5. The first-order chi connectivity index (χ1) is 14.0. The average molecular weight is 398 g/mol. The van der Waals surface area contributed by atoms with Crippen molar-refractivity contribution in [2.75, 3.05) is 20.8 Å². The number of fused-ring (bicyclic) bond motifs is 1. The highest BCUT2D eigenvalue weighted by molar-refractivity contribution is 5.80. The van der Waals surface area contributed by atoms with Crippen LogP contribution in [-0.2, 0) is 6.54 Å². The van der Waals surface area contributed by atoms with Gasteiger partial charge in [0.2, 0.25) is 0 Å². The molecule has 2 aromatic rings. The standard InChI is InChI=1S/C23H31N3O3/c1-6-24-22(25-15-16-10-9-13-20(27-4)21(16)28-5)26-18-14-23(2,3)29-19-12-8-7-11-17(18)19/h7-13,18H,6,14-15H2,1-5H3,(H2,24,25,26). The molecule has 1 heterocycles. The van der Waals surface area contributed by atoms with Crippen molar-refractivity contribution < 1.29 is 14.2 Å². The lowest BCUT2D eigenvalue weighted by Crippen LogP contribution is -2.45. The Hall–Kier alpha value is -2.89. The number of aliphatic imine (C=N–C) groups is 1. The van der Waals surface area contributed by atoms with Crippen LogP contribution < -0.4 is 24.8 Å². The van der Waals surface area contributed by atoms with Gasteiger partial charge in [0, 0.05) is 24.1 Å². The van der Waals surface area contributed by atoms with E-state index in [0.29, 0.717) is 18.0 Å². The van der Waals surface area contributed by atoms with Gasteiger partial charge in [-0.25, -0.2) is 4.99 Å². The molecule has 0 saturated carbocycles. The van der Waals surface area contributed by atoms with Crippen LogP contribution in [0.5, 0.6) is 17.2 Å². The first kappa shape index (κ1) is 20.8. The van der Waals surface area contributed by atoms with Gasteiger partial charge in [-0.2, -0.15) is 0 Å². The van der Waals surface area contributed by atoms with Gasteiger partial charge in [0.25, 0.3) is 0 Å². The van der Waals surface area contributed by atoms with Crippen molar-refractivity contribution in [1.29, 1.82) is 0 Å². The number of nitrogens with zero attached hydrogens (tertiary/aromatic N) is 1. The van der Waals surface area contributed by atoms with Crippen molar-refractivity contribution in [3.63, 3.8) is 0 Å². The zero-order valence-electron chi connectivity index (χ0n) is 17.9. The molecule has 0 amide bonds. The maximum Gasteiger partial charge on any atom is 0.192 e. The number of rotatable bonds is 6. The summed E-state index contributed by atoms with van der Waals surface area (Å²) in [5, 5.41) is 6.94. The van der Waals surface area contributed by atoms with E-state index in [-0.39, 0.29) is 11.6 Å². The van der Waals surface area contributed by atoms with Crippen molar-refractivity contribution in [3.8, 4) is 17.2 Å². The predicted molar refractivity (Wildman–Crippen MR) is 116 cm³/mol. The summed E-state index contributed by atoms with van der Waals surface area (Å²) >= 11 is 0. The van der Waals surface area contributed by atoms with E-state index < -0.39 is 0 Å². The van der Waals surface area contributed by atoms with Crippen molar-refractivity contribution in [2.24, 2.45) is 4.99 Å². The van der Waals surface area contributed by atoms with Crippen molar-refractivity contribution in [2.45, 2.75) is 45.4 Å². The number of hydrogen-bond donors (Lipinski definition) is 2. The molecule has 6 nitrogen and oxygen atoms in total. The van der Waals surface area contributed by atoms with Gasteiger partial charge in [-0.1, -0.05) is 30.3 Å². The van der Waals surface area contributed by atoms with Crippen LogP contribution in [0.15, 0.2) is 47.5 Å². The first-order valence-electron chi connectivity index (χ1n) is 10.00. The van der Waals surface area contributed by atoms with Gasteiger partial charge in [0.15, 0.2) is 17.5 Å². The number of guanidine groups is 1. The molecule has 0 bridgehead atoms. The summed E-state index contributed by atoms with van der Waals surface area (Å²) in [5.41, 5.74) is 1.87. The Balaban J connectivity index is 1.84. The lowest BCUT2D eigenvalue weighted by Gasteiger charge is -2.38. The maximum absolute atomic E-state index is 6.15. The monoisotopic (exact) mass is 397 g/mol. The summed E-state index contributed by atoms with van der Waals surface area (Å²) < 4.78 is 17.1. The summed E-state index contributed by atoms with van der Waals surface area (Å²) in [4.78, 5) is 4.80. The molecule has 6 heteroatoms. The fourth-order valence-electron chi connectivity index (χ4n) is 3.66. The molecule has 0 aromatic heterocycles. The quantitative estimate of drug-likeness (QED) is 0.568. The lowest BCUT2D eigenvalue weighted by atomic mass is 9.90. The molecular formula is C23H31N3O3. The fraction of sp³-hybridized carbons (Fsp3) is 0.435. The molecule has 1 atom stereocenters. The van der Waals surface area contributed by atoms with E-state index in [4.69, 9.17) is 19.2 Å². The normalized spacial score (nSPS) is 17.7. The Bertz CT molecular complexity index is 864. The molecule has 29 heavy (non-hydrogen) atoms. The van der Waals surface area contributed by atoms with Crippen LogP contribution >= 0.6 is 0 Å². The van der Waals surface area contributed by atoms with Crippen LogP contribution in [0, 0.1) is 0 Å². The lowest BCUT2D eigenvalue weighted by molar-refractivity contribution is 0.0694. The van der Waals surface area contributed by atoms with Gasteiger partial charge in [0.05, 0.1) is 26.8 Å². The summed E-state index contributed by atoms with van der Waals surface area (Å²) in [7, 11) is 3.29. The number of methoxy groups -OCH3 is 2. The third-order valence-corrected chi connectivity index (χ3v) is 4.92. The molecule has 156 valence electrons. The Morgan fingerprint density at radius 1 is 1.14 bits per heavy atom. The van der Waals surface area contributed by atoms with Gasteiger partial charge in [-0.15, -0.1) is 0 Å². The fourth-order valence-corrected chi connectivity index (χ4v) is 3.66. The van der Waals surface area contributed by atoms with Crippen molar-refractivity contribution in [3.05, 3.63) is 53.6 Å². The summed E-state index contributed by atoms with van der Waals surface area (Å²) in [5.74, 6) is 3.10. The molecule has 0 aliphatic carbocycles. The molecule has 0 spiro atoms. The molecule has 1 aliphatic rings. The van der Waals surface area contributed by atoms with E-state index in [2.05, 4.69) is 37.5 Å². The molecule has 2 N–H and O–H groups in total. The molecule has 0 saturated heterocycles. The van der Waals surface area contributed by atoms with Crippen LogP contribution in [0.1, 0.15) is 44.4 Å². The van der Waals surface area contributed by atoms with Gasteiger partial charge in [0.1, 0.15) is 11.4 Å². The molecule has 1 aliphatic heterocycles. The van der Waals surface area contributed by atoms with Crippen LogP contribution in [0.2, 0.25) is 0 Å². The van der Waals surface area contributed by atoms with Crippen LogP contribution in [-0.4, -0.2) is 32.3 Å². The van der Waals surface area contributed by atoms with Crippen LogP contribution in [0.4, 0.5) is 0 Å². The van der Waals surface area contributed by atoms with Gasteiger partial charge in [-0.3, -0.25) is 0 Å². The zero-order valence-corrected chi connectivity index (χ0v) is 17.9. The topological polar surface area (TPSA) is 64.1 Å². The Labute approximate surface area is 173 Å². The Morgan fingerprint density at radius 2 is 1.93 bits per heavy atom. The predicted octanol–water partition coefficient (Wildman–Crippen LogP) is 4.06. The van der Waals surface area contributed by atoms with E-state index in [9.17, 15) is 0 Å². The van der Waals surface area contributed by atoms with E-state index in [1.54, 1.807) is 14.2 Å². The number of hydrogen-bond acceptors (Lipinski definition) is 4. The number of nitrogens with one attached hydrogen (secondary N) is 2. The summed E-state index contributed by atoms with van der Waals surface area (Å²) in [6, 6.07) is 14.1. The van der Waals surface area contributed by atoms with E-state index in [1.807, 2.05) is 36.4 Å². The second kappa shape index (κ2) is 9.07. The first-order valence-corrected chi connectivity index (χ1v) is 10.00. The van der Waals surface area contributed by atoms with E-state index in [0.717, 1.165) is 35.8 Å². The maximum atomic E-state index is 6.15. The molecule has 2 aromatic carbocycles. The minimum Gasteiger partial charge on any atom is -0.493 e. The second-order valence-electron chi connectivity index (χ2n) is 7.65. The third kappa shape index (κ3) is 4.94. The largest absolute Gasteiger partial charge is 0.493 e. The molecule has 3 rings (SSSR count). The number of ether oxygens (including phenoxy) is 3. The molecule has 1 unspecified atom stereocenters. The van der Waals surface area contributed by atoms with E-state index >= 15 is 0 Å². The summed E-state index contributed by atoms with van der Waals surface area (Å²) in [6.07, 6.45) is 0.844. The van der Waals surface area contributed by atoms with E-state index in [1.165, 1.54) is 0 Å². The SMILES string of the molecule is CCNC(=NCc1cccc(OC)c1OC)NC1CC(C)(C)Oc2ccccc21. The highest BCUT2D eigenvalue weighted by Gasteiger charge is 2.33. The molecular weight excluding hydrogens is 366 g/mol. The average Bonchev–Trinajstić information content (AvgIpc) is 2.70. The van der Waals surface area contributed by atoms with Gasteiger partial charge < -0.3 is 24.8 Å². The van der Waals surface area contributed by atoms with Crippen molar-refractivity contribution in [1.82, 2.24) is 10.6 Å². The van der Waals surface area contributed by atoms with Gasteiger partial charge in [-0.05, 0) is 32.9 Å². The van der Waals surface area contributed by atoms with Crippen LogP contribution in [0.25, 0.3) is 0 Å². The highest BCUT2D eigenvalue weighted by Crippen LogP contribution is 2.39. The third-order valence-electron chi connectivity index (χ3n) is 4.92. The second-order valence-corrected chi connectivity index (χ2v) is 7.65. The van der Waals surface area contributed by atoms with Crippen LogP contribution in [0.3, 0.4) is 0 Å². The molecule has 0 radical (unpaired) electrons. The summed E-state index contributed by atoms with van der Waals surface area (Å²) in [6.45, 7) is 7.54. The van der Waals surface area contributed by atoms with Gasteiger partial charge >= 0.3 is 0 Å². The Kier molecular flexibility index (Phi) is 6.52. The minimum atomic E-state index is -0.251. The zero-order chi connectivity index (χ0) is 20.9. The number of benzene rings is 2. The smallest absolute Gasteiger partial charge is 0.192 e. The number of para-hydroxylation sites is 2. The Morgan fingerprint density at radius 3 is 2.66 bits per heavy atom. The minimum absolute atomic E-state index is 0.111.